The van der Waals surface area contributed by atoms with Crippen LogP contribution in [0.3, 0.4) is 0 Å². The zero-order valence-electron chi connectivity index (χ0n) is 12.9. The lowest BCUT2D eigenvalue weighted by atomic mass is 9.97. The molecule has 0 spiro atoms. The van der Waals surface area contributed by atoms with Crippen LogP contribution in [0.15, 0.2) is 42.7 Å². The summed E-state index contributed by atoms with van der Waals surface area (Å²) >= 11 is 5.41. The molecular weight excluding hydrogens is 292 g/mol. The fourth-order valence-corrected chi connectivity index (χ4v) is 2.92. The zero-order chi connectivity index (χ0) is 15.7. The topological polar surface area (TPSA) is 46.5 Å². The molecule has 1 N–H and O–H groups in total. The van der Waals surface area contributed by atoms with E-state index in [1.807, 2.05) is 16.7 Å². The van der Waals surface area contributed by atoms with Gasteiger partial charge in [-0.15, -0.1) is 0 Å². The number of benzene rings is 1. The number of nitrogens with one attached hydrogen (secondary N) is 1. The molecule has 0 saturated carbocycles. The number of H-pyrrole nitrogens is 1. The molecular formula is C17H18N4S. The summed E-state index contributed by atoms with van der Waals surface area (Å²) in [5.41, 5.74) is 4.61. The summed E-state index contributed by atoms with van der Waals surface area (Å²) in [6.45, 7) is 6.54. The number of aryl methyl sites for hydroxylation is 1. The van der Waals surface area contributed by atoms with E-state index in [2.05, 4.69) is 54.2 Å². The van der Waals surface area contributed by atoms with Gasteiger partial charge in [0, 0.05) is 18.0 Å². The Hall–Kier alpha value is -2.27. The Bertz CT molecular complexity index is 847. The SMILES string of the molecule is Cc1cc(-n2c(-c3ccncc3)n[nH]c2=S)ccc1C(C)C. The van der Waals surface area contributed by atoms with Crippen molar-refractivity contribution in [1.29, 1.82) is 0 Å². The van der Waals surface area contributed by atoms with Crippen LogP contribution in [0.5, 0.6) is 0 Å². The maximum atomic E-state index is 5.41. The van der Waals surface area contributed by atoms with Gasteiger partial charge >= 0.3 is 0 Å². The zero-order valence-corrected chi connectivity index (χ0v) is 13.7. The first-order chi connectivity index (χ1) is 10.6. The molecule has 4 nitrogen and oxygen atoms in total. The predicted molar refractivity (Wildman–Crippen MR) is 90.8 cm³/mol. The van der Waals surface area contributed by atoms with Crippen LogP contribution in [0.4, 0.5) is 0 Å². The van der Waals surface area contributed by atoms with Crippen molar-refractivity contribution in [3.8, 4) is 17.1 Å². The minimum Gasteiger partial charge on any atom is -0.268 e. The van der Waals surface area contributed by atoms with Gasteiger partial charge in [-0.3, -0.25) is 14.6 Å². The largest absolute Gasteiger partial charge is 0.268 e. The molecule has 3 aromatic rings. The second kappa shape index (κ2) is 5.85. The molecule has 2 aromatic heterocycles. The van der Waals surface area contributed by atoms with Crippen LogP contribution in [0.25, 0.3) is 17.1 Å². The normalized spacial score (nSPS) is 11.1. The Morgan fingerprint density at radius 2 is 1.86 bits per heavy atom. The third-order valence-corrected chi connectivity index (χ3v) is 4.02. The van der Waals surface area contributed by atoms with Crippen LogP contribution in [0.1, 0.15) is 30.9 Å². The van der Waals surface area contributed by atoms with Crippen LogP contribution in [-0.4, -0.2) is 19.7 Å². The number of rotatable bonds is 3. The van der Waals surface area contributed by atoms with Gasteiger partial charge in [0.15, 0.2) is 10.6 Å². The average molecular weight is 310 g/mol. The second-order valence-corrected chi connectivity index (χ2v) is 6.01. The molecule has 0 aliphatic heterocycles. The summed E-state index contributed by atoms with van der Waals surface area (Å²) in [5, 5.41) is 7.25. The van der Waals surface area contributed by atoms with Crippen LogP contribution >= 0.6 is 12.2 Å². The van der Waals surface area contributed by atoms with Crippen molar-refractivity contribution in [2.24, 2.45) is 0 Å². The molecule has 0 saturated heterocycles. The molecule has 0 fully saturated rings. The summed E-state index contributed by atoms with van der Waals surface area (Å²) in [4.78, 5) is 4.05. The van der Waals surface area contributed by atoms with Gasteiger partial charge in [-0.05, 0) is 60.5 Å². The first-order valence-corrected chi connectivity index (χ1v) is 7.67. The van der Waals surface area contributed by atoms with Gasteiger partial charge in [0.25, 0.3) is 0 Å². The maximum Gasteiger partial charge on any atom is 0.200 e. The minimum atomic E-state index is 0.506. The molecule has 2 heterocycles. The van der Waals surface area contributed by atoms with Gasteiger partial charge in [-0.1, -0.05) is 19.9 Å². The fraction of sp³-hybridized carbons (Fsp3) is 0.235. The van der Waals surface area contributed by atoms with Gasteiger partial charge < -0.3 is 0 Å². The van der Waals surface area contributed by atoms with E-state index in [1.165, 1.54) is 11.1 Å². The third-order valence-electron chi connectivity index (χ3n) is 3.74. The standard InChI is InChI=1S/C17H18N4S/c1-11(2)15-5-4-14(10-12(15)3)21-16(19-20-17(21)22)13-6-8-18-9-7-13/h4-11H,1-3H3,(H,20,22). The fourth-order valence-electron chi connectivity index (χ4n) is 2.68. The van der Waals surface area contributed by atoms with Gasteiger partial charge in [0.2, 0.25) is 0 Å². The summed E-state index contributed by atoms with van der Waals surface area (Å²) in [7, 11) is 0. The van der Waals surface area contributed by atoms with Crippen LogP contribution in [0.2, 0.25) is 0 Å². The Kier molecular flexibility index (Phi) is 3.90. The highest BCUT2D eigenvalue weighted by Crippen LogP contribution is 2.25. The molecule has 0 aliphatic rings. The third kappa shape index (κ3) is 2.60. The molecule has 0 bridgehead atoms. The molecule has 0 atom stereocenters. The number of hydrogen-bond acceptors (Lipinski definition) is 3. The Morgan fingerprint density at radius 1 is 1.14 bits per heavy atom. The lowest BCUT2D eigenvalue weighted by molar-refractivity contribution is 0.854. The number of nitrogens with zero attached hydrogens (tertiary/aromatic N) is 3. The highest BCUT2D eigenvalue weighted by Gasteiger charge is 2.12. The van der Waals surface area contributed by atoms with Crippen molar-refractivity contribution < 1.29 is 0 Å². The Morgan fingerprint density at radius 3 is 2.50 bits per heavy atom. The van der Waals surface area contributed by atoms with E-state index < -0.39 is 0 Å². The Labute approximate surface area is 134 Å². The lowest BCUT2D eigenvalue weighted by Gasteiger charge is -2.13. The molecule has 3 rings (SSSR count). The number of hydrogen-bond donors (Lipinski definition) is 1. The van der Waals surface area contributed by atoms with E-state index in [4.69, 9.17) is 12.2 Å². The summed E-state index contributed by atoms with van der Waals surface area (Å²) in [6.07, 6.45) is 3.51. The van der Waals surface area contributed by atoms with Gasteiger partial charge in [0.1, 0.15) is 0 Å². The van der Waals surface area contributed by atoms with E-state index >= 15 is 0 Å². The molecule has 1 aromatic carbocycles. The van der Waals surface area contributed by atoms with Gasteiger partial charge in [-0.25, -0.2) is 0 Å². The van der Waals surface area contributed by atoms with Crippen molar-refractivity contribution in [2.45, 2.75) is 26.7 Å². The summed E-state index contributed by atoms with van der Waals surface area (Å²) in [6, 6.07) is 10.3. The van der Waals surface area contributed by atoms with E-state index in [1.54, 1.807) is 12.4 Å². The molecule has 0 radical (unpaired) electrons. The Balaban J connectivity index is 2.16. The quantitative estimate of drug-likeness (QED) is 0.728. The smallest absolute Gasteiger partial charge is 0.200 e. The second-order valence-electron chi connectivity index (χ2n) is 5.62. The van der Waals surface area contributed by atoms with E-state index in [0.29, 0.717) is 10.7 Å². The van der Waals surface area contributed by atoms with Crippen LogP contribution in [-0.2, 0) is 0 Å². The molecule has 22 heavy (non-hydrogen) atoms. The number of pyridine rings is 1. The summed E-state index contributed by atoms with van der Waals surface area (Å²) < 4.78 is 2.55. The maximum absolute atomic E-state index is 5.41. The molecule has 5 heteroatoms. The van der Waals surface area contributed by atoms with Crippen molar-refractivity contribution >= 4 is 12.2 Å². The van der Waals surface area contributed by atoms with Crippen LogP contribution < -0.4 is 0 Å². The van der Waals surface area contributed by atoms with E-state index in [0.717, 1.165) is 17.1 Å². The van der Waals surface area contributed by atoms with Crippen molar-refractivity contribution in [2.75, 3.05) is 0 Å². The minimum absolute atomic E-state index is 0.506. The summed E-state index contributed by atoms with van der Waals surface area (Å²) in [5.74, 6) is 1.30. The number of aromatic nitrogens is 4. The van der Waals surface area contributed by atoms with Crippen molar-refractivity contribution in [3.63, 3.8) is 0 Å². The lowest BCUT2D eigenvalue weighted by Crippen LogP contribution is -2.00. The first-order valence-electron chi connectivity index (χ1n) is 7.26. The molecule has 112 valence electrons. The van der Waals surface area contributed by atoms with Gasteiger partial charge in [0.05, 0.1) is 5.69 Å². The molecule has 0 amide bonds. The van der Waals surface area contributed by atoms with Gasteiger partial charge in [-0.2, -0.15) is 5.10 Å². The monoisotopic (exact) mass is 310 g/mol. The van der Waals surface area contributed by atoms with Crippen molar-refractivity contribution in [3.05, 3.63) is 58.6 Å². The van der Waals surface area contributed by atoms with E-state index in [-0.39, 0.29) is 0 Å². The van der Waals surface area contributed by atoms with E-state index in [9.17, 15) is 0 Å². The number of aromatic amines is 1. The predicted octanol–water partition coefficient (Wildman–Crippen LogP) is 4.42. The van der Waals surface area contributed by atoms with Crippen molar-refractivity contribution in [1.82, 2.24) is 19.7 Å². The first kappa shape index (κ1) is 14.7. The average Bonchev–Trinajstić information content (AvgIpc) is 2.89. The highest BCUT2D eigenvalue weighted by molar-refractivity contribution is 7.71. The molecule has 0 unspecified atom stereocenters. The highest BCUT2D eigenvalue weighted by atomic mass is 32.1. The van der Waals surface area contributed by atoms with Crippen LogP contribution in [0, 0.1) is 11.7 Å². The molecule has 0 aliphatic carbocycles.